The molecule has 15 aromatic rings. The van der Waals surface area contributed by atoms with Crippen LogP contribution in [-0.2, 0) is 10.8 Å². The van der Waals surface area contributed by atoms with Gasteiger partial charge in [0.15, 0.2) is 0 Å². The van der Waals surface area contributed by atoms with Gasteiger partial charge in [-0.15, -0.1) is 0 Å². The van der Waals surface area contributed by atoms with Gasteiger partial charge in [-0.2, -0.15) is 0 Å². The van der Waals surface area contributed by atoms with Crippen LogP contribution >= 0.6 is 0 Å². The fourth-order valence-corrected chi connectivity index (χ4v) is 24.0. The molecule has 6 aliphatic heterocycles. The third-order valence-electron chi connectivity index (χ3n) is 27.7. The highest BCUT2D eigenvalue weighted by Gasteiger charge is 2.55. The van der Waals surface area contributed by atoms with E-state index in [4.69, 9.17) is 0 Å². The number of fused-ring (bicyclic) bond motifs is 12. The van der Waals surface area contributed by atoms with E-state index < -0.39 is 21.6 Å². The topological polar surface area (TPSA) is 19.4 Å². The summed E-state index contributed by atoms with van der Waals surface area (Å²) in [5.74, 6) is 0. The molecule has 6 aliphatic rings. The average molecular weight is 1610 g/mol. The first-order valence-corrected chi connectivity index (χ1v) is 51.0. The lowest BCUT2D eigenvalue weighted by Gasteiger charge is -2.50. The maximum atomic E-state index is 2.71. The van der Waals surface area contributed by atoms with Crippen LogP contribution in [0.5, 0.6) is 0 Å². The van der Waals surface area contributed by atoms with Gasteiger partial charge in [0.05, 0.1) is 16.1 Å². The van der Waals surface area contributed by atoms with E-state index in [1.807, 2.05) is 0 Å². The van der Waals surface area contributed by atoms with E-state index in [0.717, 1.165) is 34.1 Å². The Kier molecular flexibility index (Phi) is 17.6. The van der Waals surface area contributed by atoms with Crippen LogP contribution in [0.15, 0.2) is 291 Å². The molecular formula is C111H105B3N6Si2. The van der Waals surface area contributed by atoms with Crippen molar-refractivity contribution in [2.24, 2.45) is 0 Å². The molecule has 1 unspecified atom stereocenters. The molecule has 0 aliphatic carbocycles. The molecule has 0 amide bonds. The molecule has 0 saturated heterocycles. The van der Waals surface area contributed by atoms with Crippen molar-refractivity contribution in [2.45, 2.75) is 140 Å². The molecule has 596 valence electrons. The van der Waals surface area contributed by atoms with Crippen LogP contribution in [0.2, 0.25) is 39.3 Å². The van der Waals surface area contributed by atoms with Crippen molar-refractivity contribution in [1.29, 1.82) is 0 Å². The Hall–Kier alpha value is -12.3. The Balaban J connectivity index is 0.959. The molecule has 0 fully saturated rings. The summed E-state index contributed by atoms with van der Waals surface area (Å²) in [7, 11) is -3.57. The number of nitrogens with zero attached hydrogens (tertiary/aromatic N) is 6. The minimum atomic E-state index is -1.79. The largest absolute Gasteiger partial charge is 0.311 e. The first-order chi connectivity index (χ1) is 58.5. The SMILES string of the molecule is Cc1ccc(N2c3ccc(C)cc3B3c4c2cc(C)cc4N(c2ccc(C)cc2)c2cccc(C(C)(c4cccc5c4B4c6cc(C)ccc6N(c6ccc(C)cc6)c6cc(C)cc(c64)N5c4ccc([Si](C)(C)C)cc4)c4cccc5c4B4c6cc(C(C)(C)C)ccc6N(c6ccc(C)cc6)c6cc(C)cc(c64)N5c4ccc([Si](C)(C)C)cc4)c23)cc1. The monoisotopic (exact) mass is 1610 g/mol. The minimum absolute atomic E-state index is 0.194. The molecule has 11 heteroatoms. The summed E-state index contributed by atoms with van der Waals surface area (Å²) in [6, 6.07) is 117. The summed E-state index contributed by atoms with van der Waals surface area (Å²) >= 11 is 0. The number of hydrogen-bond donors (Lipinski definition) is 0. The van der Waals surface area contributed by atoms with Gasteiger partial charge in [0, 0.05) is 108 Å². The van der Waals surface area contributed by atoms with Crippen molar-refractivity contribution >= 4 is 198 Å². The summed E-state index contributed by atoms with van der Waals surface area (Å²) in [4.78, 5) is 15.9. The Morgan fingerprint density at radius 2 is 0.451 bits per heavy atom. The Labute approximate surface area is 726 Å². The van der Waals surface area contributed by atoms with Crippen LogP contribution in [-0.4, -0.2) is 36.3 Å². The maximum absolute atomic E-state index is 2.71. The zero-order valence-electron chi connectivity index (χ0n) is 74.1. The van der Waals surface area contributed by atoms with Crippen molar-refractivity contribution in [3.05, 3.63) is 364 Å². The van der Waals surface area contributed by atoms with Crippen LogP contribution < -0.4 is 88.9 Å². The first-order valence-electron chi connectivity index (χ1n) is 44.0. The maximum Gasteiger partial charge on any atom is 0.252 e. The smallest absolute Gasteiger partial charge is 0.252 e. The Morgan fingerprint density at radius 3 is 0.713 bits per heavy atom. The van der Waals surface area contributed by atoms with E-state index in [2.05, 4.69) is 450 Å². The molecule has 0 bridgehead atoms. The second-order valence-corrected chi connectivity index (χ2v) is 49.5. The molecule has 122 heavy (non-hydrogen) atoms. The van der Waals surface area contributed by atoms with Crippen LogP contribution in [0.1, 0.15) is 100 Å². The van der Waals surface area contributed by atoms with Gasteiger partial charge in [-0.1, -0.05) is 249 Å². The number of anilines is 18. The fourth-order valence-electron chi connectivity index (χ4n) is 21.7. The summed E-state index contributed by atoms with van der Waals surface area (Å²) in [6.45, 7) is 44.4. The molecule has 1 atom stereocenters. The number of aryl methyl sites for hydroxylation is 9. The van der Waals surface area contributed by atoms with Gasteiger partial charge < -0.3 is 29.4 Å². The molecule has 6 heterocycles. The minimum Gasteiger partial charge on any atom is -0.311 e. The predicted molar refractivity (Wildman–Crippen MR) is 534 cm³/mol. The quantitative estimate of drug-likeness (QED) is 0.0943. The van der Waals surface area contributed by atoms with Crippen LogP contribution in [0.4, 0.5) is 102 Å². The summed E-state index contributed by atoms with van der Waals surface area (Å²) < 4.78 is 0. The Morgan fingerprint density at radius 1 is 0.213 bits per heavy atom. The van der Waals surface area contributed by atoms with Gasteiger partial charge >= 0.3 is 0 Å². The predicted octanol–water partition coefficient (Wildman–Crippen LogP) is 22.5. The highest BCUT2D eigenvalue weighted by atomic mass is 28.3. The molecule has 15 aromatic carbocycles. The number of hydrogen-bond acceptors (Lipinski definition) is 6. The van der Waals surface area contributed by atoms with E-state index in [0.29, 0.717) is 0 Å². The van der Waals surface area contributed by atoms with Crippen molar-refractivity contribution in [1.82, 2.24) is 0 Å². The summed E-state index contributed by atoms with van der Waals surface area (Å²) in [5, 5.41) is 2.87. The fraction of sp³-hybridized carbons (Fsp3) is 0.189. The molecular weight excluding hydrogens is 1510 g/mol. The lowest BCUT2D eigenvalue weighted by atomic mass is 9.29. The van der Waals surface area contributed by atoms with E-state index in [1.165, 1.54) is 200 Å². The van der Waals surface area contributed by atoms with E-state index in [1.54, 1.807) is 0 Å². The van der Waals surface area contributed by atoms with Crippen molar-refractivity contribution < 1.29 is 0 Å². The van der Waals surface area contributed by atoms with Gasteiger partial charge in [-0.3, -0.25) is 0 Å². The molecule has 0 N–H and O–H groups in total. The first kappa shape index (κ1) is 77.1. The lowest BCUT2D eigenvalue weighted by molar-refractivity contribution is 0.591. The van der Waals surface area contributed by atoms with Crippen LogP contribution in [0.25, 0.3) is 0 Å². The van der Waals surface area contributed by atoms with Gasteiger partial charge in [-0.25, -0.2) is 0 Å². The van der Waals surface area contributed by atoms with Crippen molar-refractivity contribution in [2.75, 3.05) is 29.4 Å². The van der Waals surface area contributed by atoms with Gasteiger partial charge in [0.2, 0.25) is 0 Å². The van der Waals surface area contributed by atoms with E-state index in [-0.39, 0.29) is 25.6 Å². The molecule has 0 aromatic heterocycles. The average Bonchev–Trinajstić information content (AvgIpc) is 0.671. The van der Waals surface area contributed by atoms with Gasteiger partial charge in [0.25, 0.3) is 20.1 Å². The molecule has 0 radical (unpaired) electrons. The third kappa shape index (κ3) is 11.9. The van der Waals surface area contributed by atoms with E-state index in [9.17, 15) is 0 Å². The highest BCUT2D eigenvalue weighted by Crippen LogP contribution is 2.54. The number of rotatable bonds is 11. The van der Waals surface area contributed by atoms with Crippen LogP contribution in [0.3, 0.4) is 0 Å². The molecule has 6 nitrogen and oxygen atoms in total. The molecule has 21 rings (SSSR count). The van der Waals surface area contributed by atoms with Crippen molar-refractivity contribution in [3.8, 4) is 0 Å². The summed E-state index contributed by atoms with van der Waals surface area (Å²) in [6.07, 6.45) is 0. The van der Waals surface area contributed by atoms with Gasteiger partial charge in [0.1, 0.15) is 0 Å². The molecule has 0 saturated carbocycles. The number of benzene rings is 15. The molecule has 0 spiro atoms. The normalized spacial score (nSPS) is 14.4. The zero-order valence-corrected chi connectivity index (χ0v) is 76.1. The third-order valence-corrected chi connectivity index (χ3v) is 31.8. The van der Waals surface area contributed by atoms with E-state index >= 15 is 0 Å². The van der Waals surface area contributed by atoms with Crippen molar-refractivity contribution in [3.63, 3.8) is 0 Å². The van der Waals surface area contributed by atoms with Crippen LogP contribution in [0, 0.1) is 62.3 Å². The van der Waals surface area contributed by atoms with Gasteiger partial charge in [-0.05, 0) is 308 Å². The highest BCUT2D eigenvalue weighted by molar-refractivity contribution is 7.03. The second-order valence-electron chi connectivity index (χ2n) is 39.4. The lowest BCUT2D eigenvalue weighted by Crippen LogP contribution is -2.66. The standard InChI is InChI=1S/C111H105B3N6Si2/c1-68-29-40-78(41-30-68)115-92-56-37-72(5)59-89(92)112-104-86(23-20-26-95(104)118(81-46-35-71(4)36-47-81)101-64-74(7)61-98(115)107(101)112)111(13,87-24-21-27-96-105(87)113-90-60-73(6)38-57-93(90)116(79-42-31-69(2)32-43-79)99-62-75(8)65-102(108(99)113)119(96)82-48-52-84(53-49-82)121(14,15)16)88-25-22-28-97-106(88)114-91-67-77(110(10,11)12)39-58-94(91)117(80-44-33-70(3)34-45-80)100-63-76(9)66-103(109(100)114)120(97)83-50-54-85(55-51-83)122(17,18)19/h20-67H,1-19H3. The Bertz CT molecular complexity index is 6840. The summed E-state index contributed by atoms with van der Waals surface area (Å²) in [5.41, 5.74) is 47.7. The zero-order chi connectivity index (χ0) is 84.4. The second kappa shape index (κ2) is 27.9.